The number of nitrogens with zero attached hydrogens (tertiary/aromatic N) is 3. The van der Waals surface area contributed by atoms with Crippen LogP contribution in [-0.4, -0.2) is 46.5 Å². The predicted molar refractivity (Wildman–Crippen MR) is 110 cm³/mol. The zero-order valence-electron chi connectivity index (χ0n) is 15.8. The predicted octanol–water partition coefficient (Wildman–Crippen LogP) is 2.27. The van der Waals surface area contributed by atoms with Crippen LogP contribution in [0, 0.1) is 5.92 Å². The first-order chi connectivity index (χ1) is 13.2. The van der Waals surface area contributed by atoms with Crippen LogP contribution >= 0.6 is 12.4 Å². The third-order valence-corrected chi connectivity index (χ3v) is 6.16. The van der Waals surface area contributed by atoms with Crippen LogP contribution in [0.3, 0.4) is 0 Å². The van der Waals surface area contributed by atoms with Gasteiger partial charge >= 0.3 is 0 Å². The molecule has 2 fully saturated rings. The Morgan fingerprint density at radius 1 is 1.14 bits per heavy atom. The summed E-state index contributed by atoms with van der Waals surface area (Å²) in [5.41, 5.74) is 3.30. The molecule has 0 unspecified atom stereocenters. The van der Waals surface area contributed by atoms with E-state index in [1.807, 2.05) is 15.5 Å². The van der Waals surface area contributed by atoms with Gasteiger partial charge in [-0.25, -0.2) is 0 Å². The van der Waals surface area contributed by atoms with Gasteiger partial charge in [0.15, 0.2) is 0 Å². The first-order valence-electron chi connectivity index (χ1n) is 9.90. The number of likely N-dealkylation sites (tertiary alicyclic amines) is 1. The van der Waals surface area contributed by atoms with Crippen molar-refractivity contribution in [1.29, 1.82) is 0 Å². The molecule has 148 valence electrons. The lowest BCUT2D eigenvalue weighted by atomic mass is 9.83. The van der Waals surface area contributed by atoms with E-state index >= 15 is 0 Å². The van der Waals surface area contributed by atoms with Gasteiger partial charge in [0.05, 0.1) is 5.69 Å². The largest absolute Gasteiger partial charge is 0.339 e. The molecule has 3 aliphatic heterocycles. The second-order valence-electron chi connectivity index (χ2n) is 8.00. The summed E-state index contributed by atoms with van der Waals surface area (Å²) in [5.74, 6) is 0.976. The van der Waals surface area contributed by atoms with Crippen LogP contribution in [0.4, 0.5) is 0 Å². The van der Waals surface area contributed by atoms with Crippen LogP contribution < -0.4 is 10.9 Å². The van der Waals surface area contributed by atoms with E-state index in [0.29, 0.717) is 23.1 Å². The lowest BCUT2D eigenvalue weighted by Crippen LogP contribution is -2.44. The van der Waals surface area contributed by atoms with Gasteiger partial charge in [-0.1, -0.05) is 0 Å². The van der Waals surface area contributed by atoms with Gasteiger partial charge in [-0.3, -0.25) is 14.6 Å². The Morgan fingerprint density at radius 2 is 1.96 bits per heavy atom. The minimum atomic E-state index is 0. The number of piperidine rings is 1. The summed E-state index contributed by atoms with van der Waals surface area (Å²) in [6.07, 6.45) is 4.95. The summed E-state index contributed by atoms with van der Waals surface area (Å²) in [6.45, 7) is 4.35. The number of pyridine rings is 2. The Hall–Kier alpha value is -2.18. The average Bonchev–Trinajstić information content (AvgIpc) is 3.23. The monoisotopic (exact) mass is 400 g/mol. The molecular weight excluding hydrogens is 376 g/mol. The maximum Gasteiger partial charge on any atom is 0.253 e. The second kappa shape index (κ2) is 7.68. The lowest BCUT2D eigenvalue weighted by molar-refractivity contribution is 0.0792. The Morgan fingerprint density at radius 3 is 2.79 bits per heavy atom. The van der Waals surface area contributed by atoms with E-state index in [2.05, 4.69) is 16.4 Å². The van der Waals surface area contributed by atoms with Crippen molar-refractivity contribution in [3.8, 4) is 11.3 Å². The van der Waals surface area contributed by atoms with Gasteiger partial charge in [0.25, 0.3) is 11.5 Å². The Labute approximate surface area is 170 Å². The van der Waals surface area contributed by atoms with Gasteiger partial charge in [0.2, 0.25) is 0 Å². The Balaban J connectivity index is 0.00000192. The van der Waals surface area contributed by atoms with E-state index in [4.69, 9.17) is 0 Å². The van der Waals surface area contributed by atoms with Crippen LogP contribution in [0.2, 0.25) is 0 Å². The van der Waals surface area contributed by atoms with Crippen molar-refractivity contribution in [1.82, 2.24) is 19.8 Å². The molecule has 2 atom stereocenters. The fourth-order valence-electron chi connectivity index (χ4n) is 4.78. The molecule has 28 heavy (non-hydrogen) atoms. The molecule has 0 spiro atoms. The standard InChI is InChI=1S/C21H24N4O2.ClH/c26-20-10-16(9-19-17-7-14(11-22-12-17)13-25(19)20)18-8-15(3-4-23-18)21(27)24-5-1-2-6-24;/h3-4,8-10,14,17,22H,1-2,5-7,11-13H2;1H/t14-,17+;/m0./s1. The molecule has 2 saturated heterocycles. The normalized spacial score (nSPS) is 23.1. The van der Waals surface area contributed by atoms with Crippen molar-refractivity contribution in [3.63, 3.8) is 0 Å². The third-order valence-electron chi connectivity index (χ3n) is 6.16. The quantitative estimate of drug-likeness (QED) is 0.839. The smallest absolute Gasteiger partial charge is 0.253 e. The van der Waals surface area contributed by atoms with Gasteiger partial charge in [0, 0.05) is 61.2 Å². The summed E-state index contributed by atoms with van der Waals surface area (Å²) in [5, 5.41) is 3.48. The molecule has 3 aliphatic rings. The molecule has 2 aromatic heterocycles. The third kappa shape index (κ3) is 3.35. The topological polar surface area (TPSA) is 67.2 Å². The van der Waals surface area contributed by atoms with Crippen molar-refractivity contribution in [2.45, 2.75) is 31.7 Å². The number of hydrogen-bond acceptors (Lipinski definition) is 4. The molecular formula is C21H25ClN4O2. The number of amides is 1. The Kier molecular flexibility index (Phi) is 5.25. The number of halogens is 1. The number of rotatable bonds is 2. The number of hydrogen-bond donors (Lipinski definition) is 1. The molecule has 2 bridgehead atoms. The molecule has 5 heterocycles. The van der Waals surface area contributed by atoms with Gasteiger partial charge in [-0.05, 0) is 49.9 Å². The second-order valence-corrected chi connectivity index (χ2v) is 8.00. The molecule has 1 N–H and O–H groups in total. The van der Waals surface area contributed by atoms with Gasteiger partial charge < -0.3 is 14.8 Å². The summed E-state index contributed by atoms with van der Waals surface area (Å²) >= 11 is 0. The number of carbonyl (C=O) groups excluding carboxylic acids is 1. The van der Waals surface area contributed by atoms with Crippen LogP contribution in [0.15, 0.2) is 35.3 Å². The minimum Gasteiger partial charge on any atom is -0.339 e. The summed E-state index contributed by atoms with van der Waals surface area (Å²) in [7, 11) is 0. The van der Waals surface area contributed by atoms with E-state index in [-0.39, 0.29) is 23.9 Å². The van der Waals surface area contributed by atoms with E-state index in [1.165, 1.54) is 0 Å². The maximum absolute atomic E-state index is 12.8. The summed E-state index contributed by atoms with van der Waals surface area (Å²) < 4.78 is 1.93. The number of nitrogens with one attached hydrogen (secondary N) is 1. The van der Waals surface area contributed by atoms with Gasteiger partial charge in [0.1, 0.15) is 0 Å². The van der Waals surface area contributed by atoms with Crippen molar-refractivity contribution in [2.75, 3.05) is 26.2 Å². The maximum atomic E-state index is 12.8. The summed E-state index contributed by atoms with van der Waals surface area (Å²) in [4.78, 5) is 31.8. The van der Waals surface area contributed by atoms with E-state index in [1.54, 1.807) is 18.3 Å². The zero-order valence-corrected chi connectivity index (χ0v) is 16.6. The number of carbonyl (C=O) groups is 1. The summed E-state index contributed by atoms with van der Waals surface area (Å²) in [6, 6.07) is 7.37. The average molecular weight is 401 g/mol. The molecule has 0 saturated carbocycles. The van der Waals surface area contributed by atoms with Crippen molar-refractivity contribution in [3.05, 3.63) is 52.1 Å². The van der Waals surface area contributed by atoms with Crippen LogP contribution in [-0.2, 0) is 6.54 Å². The molecule has 7 heteroatoms. The first kappa shape index (κ1) is 19.2. The van der Waals surface area contributed by atoms with Crippen molar-refractivity contribution in [2.24, 2.45) is 5.92 Å². The van der Waals surface area contributed by atoms with Crippen LogP contribution in [0.25, 0.3) is 11.3 Å². The number of aromatic nitrogens is 2. The molecule has 0 aliphatic carbocycles. The van der Waals surface area contributed by atoms with E-state index in [9.17, 15) is 9.59 Å². The highest BCUT2D eigenvalue weighted by Crippen LogP contribution is 2.33. The highest BCUT2D eigenvalue weighted by molar-refractivity contribution is 5.95. The minimum absolute atomic E-state index is 0. The van der Waals surface area contributed by atoms with Crippen molar-refractivity contribution < 1.29 is 4.79 Å². The van der Waals surface area contributed by atoms with Gasteiger partial charge in [-0.15, -0.1) is 12.4 Å². The SMILES string of the molecule is Cl.O=C(c1ccnc(-c2cc3n(c(=O)c2)C[C@@H]2CNC[C@H]3C2)c1)N1CCCC1. The van der Waals surface area contributed by atoms with Gasteiger partial charge in [-0.2, -0.15) is 0 Å². The lowest BCUT2D eigenvalue weighted by Gasteiger charge is -2.37. The van der Waals surface area contributed by atoms with Crippen molar-refractivity contribution >= 4 is 18.3 Å². The van der Waals surface area contributed by atoms with Crippen LogP contribution in [0.5, 0.6) is 0 Å². The molecule has 2 aromatic rings. The number of fused-ring (bicyclic) bond motifs is 4. The van der Waals surface area contributed by atoms with Crippen LogP contribution in [0.1, 0.15) is 41.2 Å². The Bertz CT molecular complexity index is 952. The molecule has 0 radical (unpaired) electrons. The fraction of sp³-hybridized carbons (Fsp3) is 0.476. The molecule has 6 nitrogen and oxygen atoms in total. The highest BCUT2D eigenvalue weighted by Gasteiger charge is 2.31. The van der Waals surface area contributed by atoms with E-state index in [0.717, 1.165) is 63.2 Å². The molecule has 1 amide bonds. The van der Waals surface area contributed by atoms with E-state index < -0.39 is 0 Å². The highest BCUT2D eigenvalue weighted by atomic mass is 35.5. The first-order valence-corrected chi connectivity index (χ1v) is 9.90. The fourth-order valence-corrected chi connectivity index (χ4v) is 4.78. The zero-order chi connectivity index (χ0) is 18.4. The molecule has 5 rings (SSSR count). The molecule has 0 aromatic carbocycles.